The molecule has 150 valence electrons. The zero-order chi connectivity index (χ0) is 19.9. The number of ether oxygens (including phenoxy) is 1. The minimum Gasteiger partial charge on any atom is -0.455 e. The number of halogens is 2. The zero-order valence-corrected chi connectivity index (χ0v) is 16.1. The number of urea groups is 1. The number of para-hydroxylation sites is 1. The van der Waals surface area contributed by atoms with Gasteiger partial charge in [-0.1, -0.05) is 12.1 Å². The van der Waals surface area contributed by atoms with Crippen LogP contribution in [0.3, 0.4) is 0 Å². The van der Waals surface area contributed by atoms with Crippen LogP contribution in [-0.4, -0.2) is 29.4 Å². The quantitative estimate of drug-likeness (QED) is 0.589. The Bertz CT molecular complexity index is 816. The number of carbonyl (C=O) groups is 3. The summed E-state index contributed by atoms with van der Waals surface area (Å²) in [6.07, 6.45) is 5.09. The van der Waals surface area contributed by atoms with Crippen LogP contribution in [0, 0.1) is 23.1 Å². The molecule has 0 heterocycles. The number of esters is 1. The van der Waals surface area contributed by atoms with Gasteiger partial charge in [-0.25, -0.2) is 9.18 Å². The van der Waals surface area contributed by atoms with Crippen LogP contribution in [0.5, 0.6) is 0 Å². The fourth-order valence-electron chi connectivity index (χ4n) is 5.55. The third-order valence-corrected chi connectivity index (χ3v) is 6.57. The predicted octanol–water partition coefficient (Wildman–Crippen LogP) is 3.59. The molecule has 4 atom stereocenters. The van der Waals surface area contributed by atoms with E-state index in [4.69, 9.17) is 16.3 Å². The number of nitrogens with one attached hydrogen (secondary N) is 2. The van der Waals surface area contributed by atoms with Crippen molar-refractivity contribution in [3.8, 4) is 0 Å². The Morgan fingerprint density at radius 3 is 2.46 bits per heavy atom. The number of carbonyl (C=O) groups excluding carboxylic acids is 3. The fourth-order valence-corrected chi connectivity index (χ4v) is 6.24. The van der Waals surface area contributed by atoms with Crippen LogP contribution < -0.4 is 10.6 Å². The largest absolute Gasteiger partial charge is 0.455 e. The summed E-state index contributed by atoms with van der Waals surface area (Å²) in [6.45, 7) is -0.560. The fraction of sp³-hybridized carbons (Fsp3) is 0.550. The molecule has 0 aromatic heterocycles. The van der Waals surface area contributed by atoms with Gasteiger partial charge in [-0.05, 0) is 62.5 Å². The summed E-state index contributed by atoms with van der Waals surface area (Å²) in [5.41, 5.74) is -0.660. The van der Waals surface area contributed by atoms with Gasteiger partial charge in [-0.2, -0.15) is 0 Å². The molecule has 3 amide bonds. The third kappa shape index (κ3) is 3.72. The smallest absolute Gasteiger partial charge is 0.326 e. The standard InChI is InChI=1S/C20H22ClFN2O4/c21-20-8-12-5-13(9-20)7-19(6-12,11-20)17(26)28-10-16(25)24-18(27)23-15-4-2-1-3-14(15)22/h1-4,12-13H,5-11H2,(H2,23,24,25,27)/t12-,13+,19?,20?. The molecular formula is C20H22ClFN2O4. The number of hydrogen-bond acceptors (Lipinski definition) is 4. The molecule has 4 aliphatic carbocycles. The topological polar surface area (TPSA) is 84.5 Å². The molecule has 0 spiro atoms. The normalized spacial score (nSPS) is 32.6. The van der Waals surface area contributed by atoms with Crippen molar-refractivity contribution in [3.05, 3.63) is 30.1 Å². The first-order valence-electron chi connectivity index (χ1n) is 9.48. The summed E-state index contributed by atoms with van der Waals surface area (Å²) in [6, 6.07) is 4.71. The summed E-state index contributed by atoms with van der Waals surface area (Å²) >= 11 is 6.72. The van der Waals surface area contributed by atoms with E-state index in [-0.39, 0.29) is 10.6 Å². The minimum atomic E-state index is -0.888. The highest BCUT2D eigenvalue weighted by molar-refractivity contribution is 6.24. The van der Waals surface area contributed by atoms with Gasteiger partial charge < -0.3 is 10.1 Å². The van der Waals surface area contributed by atoms with E-state index in [1.165, 1.54) is 18.2 Å². The lowest BCUT2D eigenvalue weighted by Gasteiger charge is -2.58. The van der Waals surface area contributed by atoms with Crippen LogP contribution in [0.4, 0.5) is 14.9 Å². The van der Waals surface area contributed by atoms with Gasteiger partial charge in [-0.3, -0.25) is 14.9 Å². The number of amides is 3. The van der Waals surface area contributed by atoms with E-state index in [1.807, 2.05) is 5.32 Å². The first-order chi connectivity index (χ1) is 13.3. The lowest BCUT2D eigenvalue weighted by Crippen LogP contribution is -2.56. The van der Waals surface area contributed by atoms with Crippen LogP contribution in [0.2, 0.25) is 0 Å². The molecule has 5 rings (SSSR count). The average Bonchev–Trinajstić information content (AvgIpc) is 2.59. The Kier molecular flexibility index (Phi) is 4.81. The third-order valence-electron chi connectivity index (χ3n) is 6.13. The molecule has 4 saturated carbocycles. The summed E-state index contributed by atoms with van der Waals surface area (Å²) in [7, 11) is 0. The lowest BCUT2D eigenvalue weighted by molar-refractivity contribution is -0.171. The molecule has 1 aromatic carbocycles. The van der Waals surface area contributed by atoms with Crippen molar-refractivity contribution in [1.29, 1.82) is 0 Å². The second-order valence-electron chi connectivity index (χ2n) is 8.45. The zero-order valence-electron chi connectivity index (χ0n) is 15.3. The number of alkyl halides is 1. The molecular weight excluding hydrogens is 387 g/mol. The number of benzene rings is 1. The number of hydrogen-bond donors (Lipinski definition) is 2. The molecule has 1 aromatic rings. The van der Waals surface area contributed by atoms with E-state index in [2.05, 4.69) is 5.32 Å². The van der Waals surface area contributed by atoms with Crippen LogP contribution >= 0.6 is 11.6 Å². The molecule has 4 aliphatic rings. The molecule has 2 N–H and O–H groups in total. The maximum atomic E-state index is 13.5. The Balaban J connectivity index is 1.30. The van der Waals surface area contributed by atoms with Crippen LogP contribution in [0.1, 0.15) is 38.5 Å². The van der Waals surface area contributed by atoms with Gasteiger partial charge in [0.1, 0.15) is 5.82 Å². The van der Waals surface area contributed by atoms with Gasteiger partial charge in [0, 0.05) is 4.87 Å². The van der Waals surface area contributed by atoms with E-state index in [1.54, 1.807) is 6.07 Å². The molecule has 28 heavy (non-hydrogen) atoms. The molecule has 6 nitrogen and oxygen atoms in total. The Labute approximate surface area is 167 Å². The van der Waals surface area contributed by atoms with Crippen molar-refractivity contribution in [2.45, 2.75) is 43.4 Å². The highest BCUT2D eigenvalue weighted by Crippen LogP contribution is 2.64. The van der Waals surface area contributed by atoms with Gasteiger partial charge in [0.15, 0.2) is 6.61 Å². The molecule has 0 saturated heterocycles. The number of anilines is 1. The lowest BCUT2D eigenvalue weighted by atomic mass is 9.49. The maximum Gasteiger partial charge on any atom is 0.326 e. The van der Waals surface area contributed by atoms with E-state index in [0.717, 1.165) is 32.1 Å². The summed E-state index contributed by atoms with van der Waals surface area (Å²) in [4.78, 5) is 36.2. The molecule has 0 aliphatic heterocycles. The SMILES string of the molecule is O=C(COC(=O)C12C[C@@H]3C[C@@H](CC(Cl)(C3)C1)C2)NC(=O)Nc1ccccc1F. The predicted molar refractivity (Wildman–Crippen MR) is 100 cm³/mol. The number of imide groups is 1. The van der Waals surface area contributed by atoms with Crippen molar-refractivity contribution in [2.24, 2.45) is 17.3 Å². The highest BCUT2D eigenvalue weighted by Gasteiger charge is 2.60. The monoisotopic (exact) mass is 408 g/mol. The van der Waals surface area contributed by atoms with Crippen molar-refractivity contribution in [2.75, 3.05) is 11.9 Å². The van der Waals surface area contributed by atoms with Crippen molar-refractivity contribution in [3.63, 3.8) is 0 Å². The van der Waals surface area contributed by atoms with E-state index in [9.17, 15) is 18.8 Å². The Morgan fingerprint density at radius 1 is 1.14 bits per heavy atom. The van der Waals surface area contributed by atoms with E-state index < -0.39 is 35.7 Å². The van der Waals surface area contributed by atoms with Gasteiger partial charge in [0.25, 0.3) is 5.91 Å². The van der Waals surface area contributed by atoms with Crippen LogP contribution in [-0.2, 0) is 14.3 Å². The summed E-state index contributed by atoms with van der Waals surface area (Å²) < 4.78 is 18.8. The van der Waals surface area contributed by atoms with Crippen molar-refractivity contribution in [1.82, 2.24) is 5.32 Å². The maximum absolute atomic E-state index is 13.5. The minimum absolute atomic E-state index is 0.0502. The summed E-state index contributed by atoms with van der Waals surface area (Å²) in [5, 5.41) is 4.27. The molecule has 4 bridgehead atoms. The molecule has 8 heteroatoms. The van der Waals surface area contributed by atoms with Crippen molar-refractivity contribution < 1.29 is 23.5 Å². The first kappa shape index (κ1) is 19.2. The van der Waals surface area contributed by atoms with Gasteiger partial charge >= 0.3 is 12.0 Å². The second-order valence-corrected chi connectivity index (χ2v) is 9.25. The summed E-state index contributed by atoms with van der Waals surface area (Å²) in [5.74, 6) is -0.921. The average molecular weight is 409 g/mol. The number of rotatable bonds is 4. The molecule has 2 unspecified atom stereocenters. The second kappa shape index (κ2) is 7.03. The van der Waals surface area contributed by atoms with E-state index in [0.29, 0.717) is 18.3 Å². The highest BCUT2D eigenvalue weighted by atomic mass is 35.5. The van der Waals surface area contributed by atoms with E-state index >= 15 is 0 Å². The Morgan fingerprint density at radius 2 is 1.82 bits per heavy atom. The first-order valence-corrected chi connectivity index (χ1v) is 9.86. The van der Waals surface area contributed by atoms with Gasteiger partial charge in [0.05, 0.1) is 11.1 Å². The van der Waals surface area contributed by atoms with Gasteiger partial charge in [-0.15, -0.1) is 11.6 Å². The van der Waals surface area contributed by atoms with Crippen molar-refractivity contribution >= 4 is 35.2 Å². The van der Waals surface area contributed by atoms with Gasteiger partial charge in [0.2, 0.25) is 0 Å². The Hall–Kier alpha value is -2.15. The van der Waals surface area contributed by atoms with Crippen LogP contribution in [0.25, 0.3) is 0 Å². The van der Waals surface area contributed by atoms with Crippen LogP contribution in [0.15, 0.2) is 24.3 Å². The molecule has 0 radical (unpaired) electrons. The molecule has 4 fully saturated rings.